The van der Waals surface area contributed by atoms with E-state index >= 15 is 0 Å². The van der Waals surface area contributed by atoms with E-state index in [0.29, 0.717) is 13.2 Å². The molecule has 74 valence electrons. The maximum atomic E-state index is 12.4. The Morgan fingerprint density at radius 3 is 1.92 bits per heavy atom. The van der Waals surface area contributed by atoms with Crippen molar-refractivity contribution in [2.45, 2.75) is 30.5 Å². The molecule has 0 bridgehead atoms. The topological polar surface area (TPSA) is 18.5 Å². The zero-order valence-corrected chi connectivity index (χ0v) is 9.31. The van der Waals surface area contributed by atoms with E-state index in [2.05, 4.69) is 0 Å². The molecular formula is C7H13F2IO2. The summed E-state index contributed by atoms with van der Waals surface area (Å²) in [6.07, 6.45) is -1.18. The van der Waals surface area contributed by atoms with Crippen LogP contribution in [-0.4, -0.2) is 23.4 Å². The van der Waals surface area contributed by atoms with E-state index in [9.17, 15) is 8.78 Å². The van der Waals surface area contributed by atoms with Crippen LogP contribution in [0.5, 0.6) is 0 Å². The van der Waals surface area contributed by atoms with Gasteiger partial charge in [-0.15, -0.1) is 0 Å². The molecule has 0 aromatic carbocycles. The zero-order valence-electron chi connectivity index (χ0n) is 7.15. The Morgan fingerprint density at radius 2 is 1.67 bits per heavy atom. The quantitative estimate of drug-likeness (QED) is 0.426. The molecule has 2 nitrogen and oxygen atoms in total. The maximum Gasteiger partial charge on any atom is 0.301 e. The van der Waals surface area contributed by atoms with Crippen molar-refractivity contribution in [3.05, 3.63) is 0 Å². The zero-order chi connectivity index (χ0) is 9.61. The summed E-state index contributed by atoms with van der Waals surface area (Å²) in [6, 6.07) is 0. The molecule has 0 spiro atoms. The van der Waals surface area contributed by atoms with Crippen LogP contribution in [0.25, 0.3) is 0 Å². The molecule has 0 amide bonds. The van der Waals surface area contributed by atoms with E-state index in [0.717, 1.165) is 22.6 Å². The van der Waals surface area contributed by atoms with E-state index in [4.69, 9.17) is 9.47 Å². The number of hydrogen-bond acceptors (Lipinski definition) is 2. The highest BCUT2D eigenvalue weighted by Crippen LogP contribution is 2.29. The van der Waals surface area contributed by atoms with Gasteiger partial charge in [0.05, 0.1) is 6.42 Å². The summed E-state index contributed by atoms with van der Waals surface area (Å²) in [5.74, 6) is 0. The van der Waals surface area contributed by atoms with Gasteiger partial charge >= 0.3 is 3.93 Å². The molecule has 0 saturated heterocycles. The lowest BCUT2D eigenvalue weighted by atomic mass is 10.4. The Morgan fingerprint density at radius 1 is 1.25 bits per heavy atom. The fraction of sp³-hybridized carbons (Fsp3) is 1.00. The summed E-state index contributed by atoms with van der Waals surface area (Å²) in [7, 11) is 0. The third kappa shape index (κ3) is 7.17. The second kappa shape index (κ2) is 6.04. The van der Waals surface area contributed by atoms with Gasteiger partial charge in [-0.25, -0.2) is 0 Å². The molecule has 0 aliphatic rings. The van der Waals surface area contributed by atoms with Crippen molar-refractivity contribution in [3.8, 4) is 0 Å². The van der Waals surface area contributed by atoms with Crippen molar-refractivity contribution in [1.82, 2.24) is 0 Å². The fourth-order valence-electron chi connectivity index (χ4n) is 0.727. The number of halogens is 3. The molecular weight excluding hydrogens is 281 g/mol. The molecule has 0 atom stereocenters. The Labute approximate surface area is 84.7 Å². The van der Waals surface area contributed by atoms with Crippen LogP contribution in [0.15, 0.2) is 0 Å². The monoisotopic (exact) mass is 294 g/mol. The molecule has 0 rings (SSSR count). The minimum absolute atomic E-state index is 0.386. The van der Waals surface area contributed by atoms with Crippen LogP contribution in [0, 0.1) is 0 Å². The van der Waals surface area contributed by atoms with Crippen LogP contribution in [0.3, 0.4) is 0 Å². The molecule has 0 aliphatic carbocycles. The molecule has 0 aromatic heterocycles. The van der Waals surface area contributed by atoms with Crippen molar-refractivity contribution in [1.29, 1.82) is 0 Å². The van der Waals surface area contributed by atoms with E-state index in [1.54, 1.807) is 13.8 Å². The highest BCUT2D eigenvalue weighted by molar-refractivity contribution is 14.1. The summed E-state index contributed by atoms with van der Waals surface area (Å²) >= 11 is 1.08. The highest BCUT2D eigenvalue weighted by atomic mass is 127. The third-order valence-corrected chi connectivity index (χ3v) is 1.54. The molecule has 5 heteroatoms. The summed E-state index contributed by atoms with van der Waals surface area (Å²) in [6.45, 7) is 4.27. The third-order valence-electron chi connectivity index (χ3n) is 1.10. The van der Waals surface area contributed by atoms with Crippen LogP contribution < -0.4 is 0 Å². The van der Waals surface area contributed by atoms with Gasteiger partial charge in [-0.3, -0.25) is 0 Å². The van der Waals surface area contributed by atoms with Crippen LogP contribution in [0.1, 0.15) is 20.3 Å². The molecule has 0 N–H and O–H groups in total. The fourth-order valence-corrected chi connectivity index (χ4v) is 1.09. The minimum Gasteiger partial charge on any atom is -0.353 e. The SMILES string of the molecule is CCOC(CC(F)(F)I)OCC. The van der Waals surface area contributed by atoms with Crippen LogP contribution in [0.2, 0.25) is 0 Å². The number of alkyl halides is 3. The van der Waals surface area contributed by atoms with E-state index in [1.807, 2.05) is 0 Å². The predicted octanol–water partition coefficient (Wildman–Crippen LogP) is 2.80. The second-order valence-electron chi connectivity index (χ2n) is 2.16. The van der Waals surface area contributed by atoms with Crippen LogP contribution in [0.4, 0.5) is 8.78 Å². The normalized spacial score (nSPS) is 12.5. The first-order valence-corrected chi connectivity index (χ1v) is 4.87. The largest absolute Gasteiger partial charge is 0.353 e. The van der Waals surface area contributed by atoms with Gasteiger partial charge in [0.2, 0.25) is 0 Å². The van der Waals surface area contributed by atoms with Gasteiger partial charge in [0.25, 0.3) is 0 Å². The second-order valence-corrected chi connectivity index (χ2v) is 3.74. The Hall–Kier alpha value is 0.510. The molecule has 0 aromatic rings. The molecule has 12 heavy (non-hydrogen) atoms. The van der Waals surface area contributed by atoms with Gasteiger partial charge in [-0.05, 0) is 36.4 Å². The molecule has 0 fully saturated rings. The lowest BCUT2D eigenvalue weighted by Gasteiger charge is -2.19. The maximum absolute atomic E-state index is 12.4. The average Bonchev–Trinajstić information content (AvgIpc) is 1.84. The van der Waals surface area contributed by atoms with Crippen molar-refractivity contribution in [2.75, 3.05) is 13.2 Å². The van der Waals surface area contributed by atoms with Crippen LogP contribution >= 0.6 is 22.6 Å². The van der Waals surface area contributed by atoms with Crippen molar-refractivity contribution >= 4 is 22.6 Å². The van der Waals surface area contributed by atoms with Gasteiger partial charge in [0.15, 0.2) is 6.29 Å². The summed E-state index contributed by atoms with van der Waals surface area (Å²) in [5.41, 5.74) is 0. The molecule has 0 aliphatic heterocycles. The molecule has 0 radical (unpaired) electrons. The Kier molecular flexibility index (Phi) is 6.30. The van der Waals surface area contributed by atoms with Crippen molar-refractivity contribution in [2.24, 2.45) is 0 Å². The van der Waals surface area contributed by atoms with Gasteiger partial charge < -0.3 is 9.47 Å². The van der Waals surface area contributed by atoms with Gasteiger partial charge in [-0.1, -0.05) is 0 Å². The first kappa shape index (κ1) is 12.5. The van der Waals surface area contributed by atoms with Crippen molar-refractivity contribution in [3.63, 3.8) is 0 Å². The number of ether oxygens (including phenoxy) is 2. The molecule has 0 saturated carbocycles. The van der Waals surface area contributed by atoms with Gasteiger partial charge in [0.1, 0.15) is 0 Å². The first-order chi connectivity index (χ1) is 5.49. The smallest absolute Gasteiger partial charge is 0.301 e. The Balaban J connectivity index is 3.77. The first-order valence-electron chi connectivity index (χ1n) is 3.79. The molecule has 0 unspecified atom stereocenters. The number of rotatable bonds is 6. The minimum atomic E-state index is -2.76. The summed E-state index contributed by atoms with van der Waals surface area (Å²) in [5, 5.41) is 0. The average molecular weight is 294 g/mol. The van der Waals surface area contributed by atoms with E-state index in [1.165, 1.54) is 0 Å². The summed E-state index contributed by atoms with van der Waals surface area (Å²) in [4.78, 5) is 0. The highest BCUT2D eigenvalue weighted by Gasteiger charge is 2.29. The standard InChI is InChI=1S/C7H13F2IO2/c1-3-11-6(12-4-2)5-7(8,9)10/h6H,3-5H2,1-2H3. The van der Waals surface area contributed by atoms with E-state index in [-0.39, 0.29) is 0 Å². The lowest BCUT2D eigenvalue weighted by molar-refractivity contribution is -0.158. The summed E-state index contributed by atoms with van der Waals surface area (Å²) < 4.78 is 32.0. The predicted molar refractivity (Wildman–Crippen MR) is 50.6 cm³/mol. The van der Waals surface area contributed by atoms with Gasteiger partial charge in [-0.2, -0.15) is 8.78 Å². The van der Waals surface area contributed by atoms with Gasteiger partial charge in [0, 0.05) is 13.2 Å². The van der Waals surface area contributed by atoms with Crippen molar-refractivity contribution < 1.29 is 18.3 Å². The molecule has 0 heterocycles. The Bertz CT molecular complexity index is 110. The van der Waals surface area contributed by atoms with Crippen LogP contribution in [-0.2, 0) is 9.47 Å². The number of hydrogen-bond donors (Lipinski definition) is 0. The van der Waals surface area contributed by atoms with E-state index < -0.39 is 16.6 Å². The lowest BCUT2D eigenvalue weighted by Crippen LogP contribution is -2.24.